The Balaban J connectivity index is 1.93. The van der Waals surface area contributed by atoms with Crippen molar-refractivity contribution in [3.8, 4) is 0 Å². The molecule has 0 amide bonds. The van der Waals surface area contributed by atoms with Gasteiger partial charge in [-0.3, -0.25) is 4.79 Å². The van der Waals surface area contributed by atoms with E-state index in [2.05, 4.69) is 20.2 Å². The summed E-state index contributed by atoms with van der Waals surface area (Å²) in [5, 5.41) is 8.94. The van der Waals surface area contributed by atoms with E-state index in [4.69, 9.17) is 0 Å². The van der Waals surface area contributed by atoms with Crippen molar-refractivity contribution in [2.75, 3.05) is 0 Å². The van der Waals surface area contributed by atoms with E-state index < -0.39 is 0 Å². The molecule has 3 rings (SSSR count). The number of para-hydroxylation sites is 1. The van der Waals surface area contributed by atoms with Gasteiger partial charge in [0.2, 0.25) is 0 Å². The van der Waals surface area contributed by atoms with E-state index in [-0.39, 0.29) is 11.6 Å². The van der Waals surface area contributed by atoms with Crippen LogP contribution in [0.5, 0.6) is 0 Å². The number of azo groups is 1. The maximum absolute atomic E-state index is 12.0. The number of benzene rings is 2. The van der Waals surface area contributed by atoms with Crippen LogP contribution in [0.2, 0.25) is 0 Å². The van der Waals surface area contributed by atoms with Crippen LogP contribution in [0.3, 0.4) is 0 Å². The van der Waals surface area contributed by atoms with Gasteiger partial charge in [-0.15, -0.1) is 0 Å². The largest absolute Gasteiger partial charge is 0.308 e. The lowest BCUT2D eigenvalue weighted by molar-refractivity contribution is 0.704. The van der Waals surface area contributed by atoms with Crippen molar-refractivity contribution in [3.63, 3.8) is 0 Å². The highest BCUT2D eigenvalue weighted by Crippen LogP contribution is 2.18. The van der Waals surface area contributed by atoms with Gasteiger partial charge < -0.3 is 4.98 Å². The molecule has 1 unspecified atom stereocenters. The molecule has 1 aromatic heterocycles. The molecule has 1 heterocycles. The van der Waals surface area contributed by atoms with E-state index >= 15 is 0 Å². The van der Waals surface area contributed by atoms with Gasteiger partial charge in [0.1, 0.15) is 11.9 Å². The molecule has 104 valence electrons. The van der Waals surface area contributed by atoms with Gasteiger partial charge in [-0.1, -0.05) is 30.3 Å². The first kappa shape index (κ1) is 13.2. The average Bonchev–Trinajstić information content (AvgIpc) is 2.53. The number of hydrogen-bond acceptors (Lipinski definition) is 4. The van der Waals surface area contributed by atoms with E-state index in [0.29, 0.717) is 16.7 Å². The van der Waals surface area contributed by atoms with Crippen molar-refractivity contribution in [1.82, 2.24) is 9.97 Å². The van der Waals surface area contributed by atoms with Crippen LogP contribution in [0.1, 0.15) is 18.8 Å². The van der Waals surface area contributed by atoms with Gasteiger partial charge in [0.05, 0.1) is 16.6 Å². The zero-order valence-corrected chi connectivity index (χ0v) is 11.5. The summed E-state index contributed by atoms with van der Waals surface area (Å²) in [6.45, 7) is 1.85. The molecule has 21 heavy (non-hydrogen) atoms. The van der Waals surface area contributed by atoms with Crippen LogP contribution in [-0.2, 0) is 0 Å². The summed E-state index contributed by atoms with van der Waals surface area (Å²) < 4.78 is 0. The minimum atomic E-state index is -0.317. The molecule has 1 N–H and O–H groups in total. The molecule has 0 fully saturated rings. The molecule has 0 radical (unpaired) electrons. The molecule has 3 aromatic rings. The predicted molar refractivity (Wildman–Crippen MR) is 81.7 cm³/mol. The van der Waals surface area contributed by atoms with Gasteiger partial charge in [-0.05, 0) is 31.2 Å². The molecule has 0 bridgehead atoms. The van der Waals surface area contributed by atoms with E-state index in [0.717, 1.165) is 5.69 Å². The summed E-state index contributed by atoms with van der Waals surface area (Å²) in [7, 11) is 0. The number of aromatic nitrogens is 2. The summed E-state index contributed by atoms with van der Waals surface area (Å²) in [6, 6.07) is 16.4. The van der Waals surface area contributed by atoms with Gasteiger partial charge in [0.25, 0.3) is 5.56 Å². The Kier molecular flexibility index (Phi) is 3.55. The first-order valence-electron chi connectivity index (χ1n) is 6.69. The highest BCUT2D eigenvalue weighted by Gasteiger charge is 2.09. The minimum Gasteiger partial charge on any atom is -0.308 e. The molecule has 0 spiro atoms. The maximum atomic E-state index is 12.0. The number of nitrogens with one attached hydrogen (secondary N) is 1. The highest BCUT2D eigenvalue weighted by molar-refractivity contribution is 5.77. The Hall–Kier alpha value is -2.82. The van der Waals surface area contributed by atoms with Crippen LogP contribution < -0.4 is 5.56 Å². The molecule has 0 aliphatic carbocycles. The van der Waals surface area contributed by atoms with Crippen LogP contribution >= 0.6 is 0 Å². The zero-order valence-electron chi connectivity index (χ0n) is 11.5. The highest BCUT2D eigenvalue weighted by atomic mass is 16.1. The van der Waals surface area contributed by atoms with Crippen LogP contribution in [-0.4, -0.2) is 9.97 Å². The second kappa shape index (κ2) is 5.66. The summed E-state index contributed by atoms with van der Waals surface area (Å²) in [5.41, 5.74) is 1.28. The van der Waals surface area contributed by atoms with Crippen LogP contribution in [0.4, 0.5) is 5.69 Å². The normalized spacial score (nSPS) is 12.8. The van der Waals surface area contributed by atoms with Gasteiger partial charge in [-0.25, -0.2) is 4.98 Å². The zero-order chi connectivity index (χ0) is 14.7. The molecule has 0 saturated carbocycles. The molecule has 0 aliphatic heterocycles. The van der Waals surface area contributed by atoms with E-state index in [1.165, 1.54) is 0 Å². The molecule has 5 heteroatoms. The third kappa shape index (κ3) is 2.86. The van der Waals surface area contributed by atoms with Crippen molar-refractivity contribution in [1.29, 1.82) is 0 Å². The quantitative estimate of drug-likeness (QED) is 0.741. The monoisotopic (exact) mass is 278 g/mol. The summed E-state index contributed by atoms with van der Waals surface area (Å²) in [5.74, 6) is 0.512. The predicted octanol–water partition coefficient (Wildman–Crippen LogP) is 3.77. The fourth-order valence-electron chi connectivity index (χ4n) is 2.00. The van der Waals surface area contributed by atoms with Gasteiger partial charge in [-0.2, -0.15) is 10.2 Å². The Labute approximate surface area is 121 Å². The van der Waals surface area contributed by atoms with Crippen molar-refractivity contribution >= 4 is 16.6 Å². The minimum absolute atomic E-state index is 0.155. The summed E-state index contributed by atoms with van der Waals surface area (Å²) in [4.78, 5) is 19.2. The number of aromatic amines is 1. The van der Waals surface area contributed by atoms with E-state index in [9.17, 15) is 4.79 Å². The lowest BCUT2D eigenvalue weighted by atomic mass is 10.2. The van der Waals surface area contributed by atoms with Crippen molar-refractivity contribution in [2.45, 2.75) is 13.0 Å². The Morgan fingerprint density at radius 2 is 1.76 bits per heavy atom. The molecule has 0 aliphatic rings. The average molecular weight is 278 g/mol. The lowest BCUT2D eigenvalue weighted by Crippen LogP contribution is -2.12. The van der Waals surface area contributed by atoms with Crippen molar-refractivity contribution in [2.24, 2.45) is 10.2 Å². The summed E-state index contributed by atoms with van der Waals surface area (Å²) in [6.07, 6.45) is 0. The molecular weight excluding hydrogens is 264 g/mol. The van der Waals surface area contributed by atoms with E-state index in [1.54, 1.807) is 6.07 Å². The van der Waals surface area contributed by atoms with Crippen molar-refractivity contribution in [3.05, 3.63) is 70.8 Å². The second-order valence-electron chi connectivity index (χ2n) is 4.70. The first-order valence-corrected chi connectivity index (χ1v) is 6.69. The smallest absolute Gasteiger partial charge is 0.258 e. The second-order valence-corrected chi connectivity index (χ2v) is 4.70. The number of H-pyrrole nitrogens is 1. The van der Waals surface area contributed by atoms with Crippen molar-refractivity contribution < 1.29 is 0 Å². The number of nitrogens with zero attached hydrogens (tertiary/aromatic N) is 3. The third-order valence-electron chi connectivity index (χ3n) is 3.13. The van der Waals surface area contributed by atoms with Crippen LogP contribution in [0.25, 0.3) is 10.9 Å². The molecule has 2 aromatic carbocycles. The Morgan fingerprint density at radius 3 is 2.57 bits per heavy atom. The lowest BCUT2D eigenvalue weighted by Gasteiger charge is -2.05. The molecule has 0 saturated heterocycles. The maximum Gasteiger partial charge on any atom is 0.258 e. The fourth-order valence-corrected chi connectivity index (χ4v) is 2.00. The summed E-state index contributed by atoms with van der Waals surface area (Å²) >= 11 is 0. The number of fused-ring (bicyclic) bond motifs is 1. The molecular formula is C16H14N4O. The number of rotatable bonds is 3. The van der Waals surface area contributed by atoms with Gasteiger partial charge >= 0.3 is 0 Å². The number of hydrogen-bond donors (Lipinski definition) is 1. The van der Waals surface area contributed by atoms with Crippen LogP contribution in [0, 0.1) is 0 Å². The van der Waals surface area contributed by atoms with Crippen LogP contribution in [0.15, 0.2) is 69.6 Å². The van der Waals surface area contributed by atoms with Gasteiger partial charge in [0.15, 0.2) is 0 Å². The first-order chi connectivity index (χ1) is 10.2. The fraction of sp³-hybridized carbons (Fsp3) is 0.125. The Morgan fingerprint density at radius 1 is 1.05 bits per heavy atom. The Bertz CT molecular complexity index is 840. The molecule has 5 nitrogen and oxygen atoms in total. The molecule has 1 atom stereocenters. The third-order valence-corrected chi connectivity index (χ3v) is 3.13. The topological polar surface area (TPSA) is 70.5 Å². The van der Waals surface area contributed by atoms with E-state index in [1.807, 2.05) is 55.5 Å². The SMILES string of the molecule is CC(N=Nc1ccccc1)c1nc2ccccc2c(=O)[nH]1. The van der Waals surface area contributed by atoms with Gasteiger partial charge in [0, 0.05) is 0 Å². The standard InChI is InChI=1S/C16H14N4O/c1-11(19-20-12-7-3-2-4-8-12)15-17-14-10-6-5-9-13(14)16(21)18-15/h2-11H,1H3,(H,17,18,21).